The predicted octanol–water partition coefficient (Wildman–Crippen LogP) is 2.41. The molecule has 1 fully saturated rings. The molecule has 1 aliphatic rings. The highest BCUT2D eigenvalue weighted by Gasteiger charge is 2.23. The van der Waals surface area contributed by atoms with Crippen LogP contribution in [0.1, 0.15) is 42.5 Å². The summed E-state index contributed by atoms with van der Waals surface area (Å²) in [6, 6.07) is 1.03. The summed E-state index contributed by atoms with van der Waals surface area (Å²) in [4.78, 5) is 7.00. The Hall–Kier alpha value is -1.13. The molecule has 0 aliphatic heterocycles. The average molecular weight is 277 g/mol. The molecule has 20 heavy (non-hydrogen) atoms. The van der Waals surface area contributed by atoms with E-state index in [0.717, 1.165) is 42.0 Å². The molecule has 1 aromatic heterocycles. The van der Waals surface area contributed by atoms with E-state index >= 15 is 0 Å². The maximum Gasteiger partial charge on any atom is 0.128 e. The lowest BCUT2D eigenvalue weighted by molar-refractivity contribution is 0.174. The molecule has 4 nitrogen and oxygen atoms in total. The van der Waals surface area contributed by atoms with Crippen LogP contribution in [-0.2, 0) is 6.54 Å². The van der Waals surface area contributed by atoms with Gasteiger partial charge >= 0.3 is 0 Å². The van der Waals surface area contributed by atoms with Crippen molar-refractivity contribution < 1.29 is 4.74 Å². The van der Waals surface area contributed by atoms with E-state index in [0.29, 0.717) is 12.1 Å². The number of pyridine rings is 1. The number of rotatable bonds is 4. The first-order valence-corrected chi connectivity index (χ1v) is 7.47. The molecule has 2 rings (SSSR count). The Kier molecular flexibility index (Phi) is 5.00. The minimum absolute atomic E-state index is 0.402. The lowest BCUT2D eigenvalue weighted by atomic mass is 9.91. The van der Waals surface area contributed by atoms with Gasteiger partial charge in [0.25, 0.3) is 0 Å². The average Bonchev–Trinajstić information content (AvgIpc) is 2.43. The molecule has 0 amide bonds. The van der Waals surface area contributed by atoms with Crippen molar-refractivity contribution in [2.75, 3.05) is 14.2 Å². The zero-order chi connectivity index (χ0) is 14.7. The fourth-order valence-corrected chi connectivity index (χ4v) is 3.14. The van der Waals surface area contributed by atoms with E-state index in [4.69, 9.17) is 10.5 Å². The van der Waals surface area contributed by atoms with Crippen molar-refractivity contribution in [3.63, 3.8) is 0 Å². The number of aryl methyl sites for hydroxylation is 1. The first-order valence-electron chi connectivity index (χ1n) is 7.47. The summed E-state index contributed by atoms with van der Waals surface area (Å²) in [5.41, 5.74) is 9.35. The summed E-state index contributed by atoms with van der Waals surface area (Å²) in [7, 11) is 3.92. The van der Waals surface area contributed by atoms with E-state index in [1.165, 1.54) is 12.8 Å². The van der Waals surface area contributed by atoms with Crippen LogP contribution in [0.5, 0.6) is 5.75 Å². The molecule has 0 unspecified atom stereocenters. The Morgan fingerprint density at radius 1 is 1.30 bits per heavy atom. The Morgan fingerprint density at radius 2 is 1.95 bits per heavy atom. The van der Waals surface area contributed by atoms with Crippen LogP contribution < -0.4 is 10.5 Å². The molecule has 0 bridgehead atoms. The molecule has 0 atom stereocenters. The van der Waals surface area contributed by atoms with Crippen LogP contribution in [0.25, 0.3) is 0 Å². The van der Waals surface area contributed by atoms with Crippen molar-refractivity contribution in [1.82, 2.24) is 9.88 Å². The van der Waals surface area contributed by atoms with Gasteiger partial charge in [-0.1, -0.05) is 0 Å². The van der Waals surface area contributed by atoms with Crippen LogP contribution in [0.3, 0.4) is 0 Å². The van der Waals surface area contributed by atoms with Gasteiger partial charge in [0.05, 0.1) is 12.8 Å². The van der Waals surface area contributed by atoms with Gasteiger partial charge in [-0.2, -0.15) is 0 Å². The van der Waals surface area contributed by atoms with Gasteiger partial charge in [0.2, 0.25) is 0 Å². The molecule has 1 heterocycles. The van der Waals surface area contributed by atoms with Gasteiger partial charge in [0, 0.05) is 36.0 Å². The number of hydrogen-bond acceptors (Lipinski definition) is 4. The highest BCUT2D eigenvalue weighted by Crippen LogP contribution is 2.27. The summed E-state index contributed by atoms with van der Waals surface area (Å²) >= 11 is 0. The third-order valence-corrected chi connectivity index (χ3v) is 4.51. The highest BCUT2D eigenvalue weighted by molar-refractivity contribution is 5.41. The molecular weight excluding hydrogens is 250 g/mol. The third kappa shape index (κ3) is 3.30. The molecule has 1 saturated carbocycles. The van der Waals surface area contributed by atoms with Gasteiger partial charge in [0.15, 0.2) is 0 Å². The number of hydrogen-bond donors (Lipinski definition) is 1. The van der Waals surface area contributed by atoms with Crippen LogP contribution in [0.2, 0.25) is 0 Å². The number of methoxy groups -OCH3 is 1. The zero-order valence-electron chi connectivity index (χ0n) is 13.1. The quantitative estimate of drug-likeness (QED) is 0.918. The van der Waals surface area contributed by atoms with Crippen LogP contribution >= 0.6 is 0 Å². The third-order valence-electron chi connectivity index (χ3n) is 4.51. The van der Waals surface area contributed by atoms with Crippen LogP contribution in [0, 0.1) is 13.8 Å². The van der Waals surface area contributed by atoms with Crippen molar-refractivity contribution in [1.29, 1.82) is 0 Å². The van der Waals surface area contributed by atoms with Crippen LogP contribution in [0.4, 0.5) is 0 Å². The minimum Gasteiger partial charge on any atom is -0.496 e. The molecular formula is C16H27N3O. The molecule has 2 N–H and O–H groups in total. The molecule has 1 aliphatic carbocycles. The van der Waals surface area contributed by atoms with E-state index < -0.39 is 0 Å². The molecule has 0 spiro atoms. The topological polar surface area (TPSA) is 51.4 Å². The molecule has 1 aromatic rings. The standard InChI is InChI=1S/C16H27N3O/c1-11-9-18-15(12(2)16(11)20-4)10-19(3)14-7-5-13(17)6-8-14/h9,13-14H,5-8,10,17H2,1-4H3. The summed E-state index contributed by atoms with van der Waals surface area (Å²) in [5, 5.41) is 0. The van der Waals surface area contributed by atoms with Crippen molar-refractivity contribution in [2.45, 2.75) is 58.2 Å². The monoisotopic (exact) mass is 277 g/mol. The smallest absolute Gasteiger partial charge is 0.128 e. The molecule has 0 aromatic carbocycles. The Bertz CT molecular complexity index is 453. The highest BCUT2D eigenvalue weighted by atomic mass is 16.5. The summed E-state index contributed by atoms with van der Waals surface area (Å²) in [5.74, 6) is 0.967. The van der Waals surface area contributed by atoms with Gasteiger partial charge in [-0.05, 0) is 46.6 Å². The van der Waals surface area contributed by atoms with Gasteiger partial charge in [-0.3, -0.25) is 9.88 Å². The Morgan fingerprint density at radius 3 is 2.55 bits per heavy atom. The molecule has 0 radical (unpaired) electrons. The number of nitrogens with two attached hydrogens (primary N) is 1. The summed E-state index contributed by atoms with van der Waals surface area (Å²) in [6.07, 6.45) is 6.57. The van der Waals surface area contributed by atoms with Crippen molar-refractivity contribution in [3.8, 4) is 5.75 Å². The number of nitrogens with zero attached hydrogens (tertiary/aromatic N) is 2. The van der Waals surface area contributed by atoms with Crippen LogP contribution in [-0.4, -0.2) is 36.1 Å². The van der Waals surface area contributed by atoms with Gasteiger partial charge in [-0.15, -0.1) is 0 Å². The van der Waals surface area contributed by atoms with Gasteiger partial charge < -0.3 is 10.5 Å². The largest absolute Gasteiger partial charge is 0.496 e. The Labute approximate surface area is 122 Å². The lowest BCUT2D eigenvalue weighted by Gasteiger charge is -2.33. The van der Waals surface area contributed by atoms with E-state index in [-0.39, 0.29) is 0 Å². The normalized spacial score (nSPS) is 23.1. The summed E-state index contributed by atoms with van der Waals surface area (Å²) in [6.45, 7) is 5.01. The number of aromatic nitrogens is 1. The lowest BCUT2D eigenvalue weighted by Crippen LogP contribution is -2.38. The van der Waals surface area contributed by atoms with Crippen LogP contribution in [0.15, 0.2) is 6.20 Å². The molecule has 0 saturated heterocycles. The second kappa shape index (κ2) is 6.55. The minimum atomic E-state index is 0.402. The predicted molar refractivity (Wildman–Crippen MR) is 82.0 cm³/mol. The first kappa shape index (κ1) is 15.3. The molecule has 112 valence electrons. The maximum absolute atomic E-state index is 5.98. The van der Waals surface area contributed by atoms with Gasteiger partial charge in [0.1, 0.15) is 5.75 Å². The molecule has 4 heteroatoms. The van der Waals surface area contributed by atoms with Crippen molar-refractivity contribution in [3.05, 3.63) is 23.0 Å². The van der Waals surface area contributed by atoms with E-state index in [9.17, 15) is 0 Å². The second-order valence-corrected chi connectivity index (χ2v) is 6.03. The van der Waals surface area contributed by atoms with E-state index in [2.05, 4.69) is 23.9 Å². The second-order valence-electron chi connectivity index (χ2n) is 6.03. The summed E-state index contributed by atoms with van der Waals surface area (Å²) < 4.78 is 5.48. The maximum atomic E-state index is 5.98. The fourth-order valence-electron chi connectivity index (χ4n) is 3.14. The first-order chi connectivity index (χ1) is 9.52. The van der Waals surface area contributed by atoms with E-state index in [1.54, 1.807) is 7.11 Å². The van der Waals surface area contributed by atoms with Crippen molar-refractivity contribution >= 4 is 0 Å². The fraction of sp³-hybridized carbons (Fsp3) is 0.688. The zero-order valence-corrected chi connectivity index (χ0v) is 13.1. The SMILES string of the molecule is COc1c(C)cnc(CN(C)C2CCC(N)CC2)c1C. The number of ether oxygens (including phenoxy) is 1. The Balaban J connectivity index is 2.06. The van der Waals surface area contributed by atoms with Gasteiger partial charge in [-0.25, -0.2) is 0 Å². The van der Waals surface area contributed by atoms with Crippen molar-refractivity contribution in [2.24, 2.45) is 5.73 Å². The van der Waals surface area contributed by atoms with E-state index in [1.807, 2.05) is 13.1 Å².